The number of hydrogen-bond acceptors (Lipinski definition) is 4. The molecule has 0 N–H and O–H groups in total. The van der Waals surface area contributed by atoms with E-state index in [4.69, 9.17) is 0 Å². The van der Waals surface area contributed by atoms with Crippen molar-refractivity contribution in [3.63, 3.8) is 0 Å². The molecule has 0 unspecified atom stereocenters. The molecule has 1 heterocycles. The third kappa shape index (κ3) is 4.53. The minimum atomic E-state index is -4.62. The highest BCUT2D eigenvalue weighted by Crippen LogP contribution is 2.33. The highest BCUT2D eigenvalue weighted by molar-refractivity contribution is 5.90. The quantitative estimate of drug-likeness (QED) is 0.459. The maximum Gasteiger partial charge on any atom is 0.434 e. The number of esters is 1. The maximum absolute atomic E-state index is 13.3. The molecule has 1 aromatic heterocycles. The summed E-state index contributed by atoms with van der Waals surface area (Å²) in [5, 5.41) is 0. The van der Waals surface area contributed by atoms with Crippen LogP contribution in [0, 0.1) is 0 Å². The summed E-state index contributed by atoms with van der Waals surface area (Å²) in [6.07, 6.45) is -3.14. The Labute approximate surface area is 164 Å². The van der Waals surface area contributed by atoms with Crippen molar-refractivity contribution in [2.24, 2.45) is 0 Å². The third-order valence-electron chi connectivity index (χ3n) is 4.33. The van der Waals surface area contributed by atoms with Crippen LogP contribution in [-0.4, -0.2) is 28.9 Å². The number of imidazole rings is 1. The molecule has 0 saturated carbocycles. The van der Waals surface area contributed by atoms with Gasteiger partial charge in [0.1, 0.15) is 12.1 Å². The van der Waals surface area contributed by atoms with Crippen LogP contribution in [0.15, 0.2) is 54.7 Å². The average Bonchev–Trinajstić information content (AvgIpc) is 3.12. The van der Waals surface area contributed by atoms with Gasteiger partial charge >= 0.3 is 12.1 Å². The van der Waals surface area contributed by atoms with Gasteiger partial charge in [0.15, 0.2) is 5.69 Å². The van der Waals surface area contributed by atoms with Gasteiger partial charge in [0.25, 0.3) is 0 Å². The number of aldehydes is 1. The summed E-state index contributed by atoms with van der Waals surface area (Å²) in [5.41, 5.74) is 0.693. The van der Waals surface area contributed by atoms with Crippen LogP contribution in [0.5, 0.6) is 0 Å². The van der Waals surface area contributed by atoms with E-state index in [1.807, 2.05) is 6.07 Å². The highest BCUT2D eigenvalue weighted by atomic mass is 19.4. The number of aromatic nitrogens is 2. The number of rotatable bonds is 6. The van der Waals surface area contributed by atoms with Gasteiger partial charge in [0.05, 0.1) is 12.7 Å². The summed E-state index contributed by atoms with van der Waals surface area (Å²) in [6.45, 7) is 0.165. The number of methoxy groups -OCH3 is 1. The van der Waals surface area contributed by atoms with Gasteiger partial charge in [-0.15, -0.1) is 0 Å². The van der Waals surface area contributed by atoms with Crippen molar-refractivity contribution < 1.29 is 27.5 Å². The second kappa shape index (κ2) is 8.30. The lowest BCUT2D eigenvalue weighted by molar-refractivity contribution is -0.140. The van der Waals surface area contributed by atoms with Crippen LogP contribution in [0.2, 0.25) is 0 Å². The molecular formula is C21H17F3N2O3. The van der Waals surface area contributed by atoms with Crippen molar-refractivity contribution in [3.05, 3.63) is 77.1 Å². The van der Waals surface area contributed by atoms with Gasteiger partial charge in [0.2, 0.25) is 0 Å². The first-order chi connectivity index (χ1) is 13.8. The average molecular weight is 402 g/mol. The van der Waals surface area contributed by atoms with Gasteiger partial charge in [-0.2, -0.15) is 13.2 Å². The lowest BCUT2D eigenvalue weighted by Crippen LogP contribution is -2.06. The van der Waals surface area contributed by atoms with Gasteiger partial charge in [-0.05, 0) is 23.3 Å². The molecule has 0 saturated heterocycles. The van der Waals surface area contributed by atoms with Crippen LogP contribution in [0.1, 0.15) is 27.2 Å². The Morgan fingerprint density at radius 2 is 1.90 bits per heavy atom. The number of benzene rings is 2. The van der Waals surface area contributed by atoms with Crippen molar-refractivity contribution in [2.45, 2.75) is 19.1 Å². The molecule has 0 aliphatic carbocycles. The molecule has 0 radical (unpaired) electrons. The topological polar surface area (TPSA) is 61.2 Å². The minimum absolute atomic E-state index is 0.0643. The molecule has 0 bridgehead atoms. The summed E-state index contributed by atoms with van der Waals surface area (Å²) in [5.74, 6) is -0.540. The summed E-state index contributed by atoms with van der Waals surface area (Å²) in [6, 6.07) is 13.3. The molecule has 0 fully saturated rings. The fourth-order valence-electron chi connectivity index (χ4n) is 2.98. The van der Waals surface area contributed by atoms with Crippen LogP contribution in [0.3, 0.4) is 0 Å². The predicted octanol–water partition coefficient (Wildman–Crippen LogP) is 4.15. The van der Waals surface area contributed by atoms with E-state index in [0.717, 1.165) is 11.8 Å². The molecule has 2 aromatic carbocycles. The lowest BCUT2D eigenvalue weighted by Gasteiger charge is -2.12. The molecule has 3 aromatic rings. The molecule has 5 nitrogen and oxygen atoms in total. The molecule has 29 heavy (non-hydrogen) atoms. The van der Waals surface area contributed by atoms with Gasteiger partial charge in [-0.25, -0.2) is 9.78 Å². The van der Waals surface area contributed by atoms with Gasteiger partial charge in [0, 0.05) is 24.7 Å². The number of halogens is 3. The van der Waals surface area contributed by atoms with Crippen LogP contribution in [0.25, 0.3) is 11.4 Å². The van der Waals surface area contributed by atoms with E-state index < -0.39 is 17.8 Å². The Kier molecular flexibility index (Phi) is 5.81. The molecule has 0 spiro atoms. The SMILES string of the molecule is COC(=O)c1ccc(-c2nc(C(F)(F)F)cn2Cc2ccccc2)c(CC=O)c1. The second-order valence-corrected chi connectivity index (χ2v) is 6.30. The monoisotopic (exact) mass is 402 g/mol. The Morgan fingerprint density at radius 3 is 2.52 bits per heavy atom. The standard InChI is InChI=1S/C21H17F3N2O3/c1-29-20(28)16-7-8-17(15(11-16)9-10-27)19-25-18(21(22,23)24)13-26(19)12-14-5-3-2-4-6-14/h2-8,10-11,13H,9,12H2,1H3. The number of nitrogens with zero attached hydrogens (tertiary/aromatic N) is 2. The minimum Gasteiger partial charge on any atom is -0.465 e. The van der Waals surface area contributed by atoms with E-state index in [1.54, 1.807) is 24.3 Å². The number of alkyl halides is 3. The fourth-order valence-corrected chi connectivity index (χ4v) is 2.98. The number of carbonyl (C=O) groups is 2. The predicted molar refractivity (Wildman–Crippen MR) is 99.3 cm³/mol. The number of hydrogen-bond donors (Lipinski definition) is 0. The zero-order chi connectivity index (χ0) is 21.0. The van der Waals surface area contributed by atoms with Gasteiger partial charge < -0.3 is 14.1 Å². The maximum atomic E-state index is 13.3. The summed E-state index contributed by atoms with van der Waals surface area (Å²) < 4.78 is 46.0. The van der Waals surface area contributed by atoms with E-state index in [-0.39, 0.29) is 24.4 Å². The van der Waals surface area contributed by atoms with E-state index >= 15 is 0 Å². The first kappa shape index (κ1) is 20.3. The van der Waals surface area contributed by atoms with E-state index in [9.17, 15) is 22.8 Å². The van der Waals surface area contributed by atoms with E-state index in [2.05, 4.69) is 9.72 Å². The lowest BCUT2D eigenvalue weighted by atomic mass is 10.0. The Balaban J connectivity index is 2.14. The molecule has 0 aliphatic heterocycles. The van der Waals surface area contributed by atoms with Crippen molar-refractivity contribution in [2.75, 3.05) is 7.11 Å². The van der Waals surface area contributed by atoms with Crippen molar-refractivity contribution >= 4 is 12.3 Å². The molecule has 8 heteroatoms. The smallest absolute Gasteiger partial charge is 0.434 e. The second-order valence-electron chi connectivity index (χ2n) is 6.30. The van der Waals surface area contributed by atoms with Gasteiger partial charge in [-0.3, -0.25) is 0 Å². The molecule has 0 amide bonds. The first-order valence-electron chi connectivity index (χ1n) is 8.67. The van der Waals surface area contributed by atoms with Crippen molar-refractivity contribution in [1.82, 2.24) is 9.55 Å². The Bertz CT molecular complexity index is 1030. The zero-order valence-electron chi connectivity index (χ0n) is 15.4. The van der Waals surface area contributed by atoms with Crippen molar-refractivity contribution in [1.29, 1.82) is 0 Å². The van der Waals surface area contributed by atoms with Crippen molar-refractivity contribution in [3.8, 4) is 11.4 Å². The Hall–Kier alpha value is -3.42. The normalized spacial score (nSPS) is 11.3. The third-order valence-corrected chi connectivity index (χ3v) is 4.33. The van der Waals surface area contributed by atoms with E-state index in [1.165, 1.54) is 29.9 Å². The van der Waals surface area contributed by atoms with Crippen LogP contribution in [-0.2, 0) is 28.7 Å². The van der Waals surface area contributed by atoms with Crippen LogP contribution < -0.4 is 0 Å². The number of ether oxygens (including phenoxy) is 1. The molecule has 0 atom stereocenters. The fraction of sp³-hybridized carbons (Fsp3) is 0.190. The number of carbonyl (C=O) groups excluding carboxylic acids is 2. The molecule has 150 valence electrons. The molecular weight excluding hydrogens is 385 g/mol. The molecule has 3 rings (SSSR count). The van der Waals surface area contributed by atoms with Gasteiger partial charge in [-0.1, -0.05) is 36.4 Å². The summed E-state index contributed by atoms with van der Waals surface area (Å²) in [7, 11) is 1.22. The summed E-state index contributed by atoms with van der Waals surface area (Å²) in [4.78, 5) is 26.7. The van der Waals surface area contributed by atoms with Crippen LogP contribution >= 0.6 is 0 Å². The highest BCUT2D eigenvalue weighted by Gasteiger charge is 2.35. The van der Waals surface area contributed by atoms with E-state index in [0.29, 0.717) is 17.4 Å². The molecule has 0 aliphatic rings. The zero-order valence-corrected chi connectivity index (χ0v) is 15.4. The largest absolute Gasteiger partial charge is 0.465 e. The first-order valence-corrected chi connectivity index (χ1v) is 8.67. The van der Waals surface area contributed by atoms with Crippen LogP contribution in [0.4, 0.5) is 13.2 Å². The summed E-state index contributed by atoms with van der Waals surface area (Å²) >= 11 is 0. The Morgan fingerprint density at radius 1 is 1.17 bits per heavy atom.